The Balaban J connectivity index is 1.83. The summed E-state index contributed by atoms with van der Waals surface area (Å²) in [4.78, 5) is 18.1. The van der Waals surface area contributed by atoms with Gasteiger partial charge in [0.25, 0.3) is 0 Å². The third-order valence-electron chi connectivity index (χ3n) is 6.87. The standard InChI is InChI=1S/C29H26N2O3/c1-16-11-22(12-17(2)26(16)32)29(23-13-18(3)27(33)19(4)14-23)24-6-5-21(15-25(24)31-28(29)34)20-7-9-30-10-8-20/h5-15,32-33H,1-4H3,(H,31,34). The molecule has 3 N–H and O–H groups in total. The largest absolute Gasteiger partial charge is 0.507 e. The number of aromatic hydroxyl groups is 2. The summed E-state index contributed by atoms with van der Waals surface area (Å²) in [7, 11) is 0. The molecule has 34 heavy (non-hydrogen) atoms. The smallest absolute Gasteiger partial charge is 0.244 e. The van der Waals surface area contributed by atoms with Gasteiger partial charge in [-0.3, -0.25) is 9.78 Å². The first kappa shape index (κ1) is 21.7. The lowest BCUT2D eigenvalue weighted by Gasteiger charge is -2.31. The van der Waals surface area contributed by atoms with Crippen LogP contribution in [0, 0.1) is 27.7 Å². The Morgan fingerprint density at radius 3 is 1.71 bits per heavy atom. The van der Waals surface area contributed by atoms with Crippen LogP contribution in [-0.2, 0) is 10.2 Å². The van der Waals surface area contributed by atoms with Crippen LogP contribution in [0.4, 0.5) is 5.69 Å². The molecule has 0 spiro atoms. The maximum Gasteiger partial charge on any atom is 0.244 e. The number of aromatic nitrogens is 1. The zero-order chi connectivity index (χ0) is 24.2. The topological polar surface area (TPSA) is 82.5 Å². The Kier molecular flexibility index (Phi) is 4.94. The van der Waals surface area contributed by atoms with E-state index in [1.165, 1.54) is 0 Å². The predicted molar refractivity (Wildman–Crippen MR) is 133 cm³/mol. The van der Waals surface area contributed by atoms with Crippen molar-refractivity contribution >= 4 is 11.6 Å². The third-order valence-corrected chi connectivity index (χ3v) is 6.87. The molecule has 0 saturated carbocycles. The van der Waals surface area contributed by atoms with Crippen molar-refractivity contribution in [2.24, 2.45) is 0 Å². The van der Waals surface area contributed by atoms with Crippen molar-refractivity contribution in [3.05, 3.63) is 106 Å². The summed E-state index contributed by atoms with van der Waals surface area (Å²) in [5, 5.41) is 24.0. The first-order valence-corrected chi connectivity index (χ1v) is 11.2. The van der Waals surface area contributed by atoms with Gasteiger partial charge in [0.15, 0.2) is 0 Å². The van der Waals surface area contributed by atoms with E-state index in [2.05, 4.69) is 10.3 Å². The van der Waals surface area contributed by atoms with Gasteiger partial charge in [-0.05, 0) is 90.4 Å². The Bertz CT molecular complexity index is 1350. The van der Waals surface area contributed by atoms with E-state index in [4.69, 9.17) is 0 Å². The van der Waals surface area contributed by atoms with Crippen LogP contribution in [0.25, 0.3) is 11.1 Å². The molecule has 170 valence electrons. The predicted octanol–water partition coefficient (Wildman–Crippen LogP) is 5.68. The van der Waals surface area contributed by atoms with Crippen molar-refractivity contribution in [2.45, 2.75) is 33.1 Å². The van der Waals surface area contributed by atoms with Crippen LogP contribution >= 0.6 is 0 Å². The zero-order valence-electron chi connectivity index (χ0n) is 19.6. The van der Waals surface area contributed by atoms with E-state index in [1.807, 2.05) is 82.3 Å². The molecule has 0 bridgehead atoms. The monoisotopic (exact) mass is 450 g/mol. The molecule has 0 fully saturated rings. The van der Waals surface area contributed by atoms with E-state index in [1.54, 1.807) is 12.4 Å². The molecule has 5 heteroatoms. The van der Waals surface area contributed by atoms with Gasteiger partial charge >= 0.3 is 0 Å². The molecular weight excluding hydrogens is 424 g/mol. The number of pyridine rings is 1. The van der Waals surface area contributed by atoms with Crippen LogP contribution in [-0.4, -0.2) is 21.1 Å². The Morgan fingerprint density at radius 1 is 0.706 bits per heavy atom. The summed E-state index contributed by atoms with van der Waals surface area (Å²) in [6.45, 7) is 7.36. The second-order valence-corrected chi connectivity index (χ2v) is 9.12. The highest BCUT2D eigenvalue weighted by Crippen LogP contribution is 2.50. The summed E-state index contributed by atoms with van der Waals surface area (Å²) in [6.07, 6.45) is 3.49. The lowest BCUT2D eigenvalue weighted by Crippen LogP contribution is -2.37. The average Bonchev–Trinajstić information content (AvgIpc) is 3.12. The first-order valence-electron chi connectivity index (χ1n) is 11.2. The molecule has 1 aliphatic heterocycles. The van der Waals surface area contributed by atoms with E-state index in [-0.39, 0.29) is 17.4 Å². The van der Waals surface area contributed by atoms with Crippen molar-refractivity contribution in [1.29, 1.82) is 0 Å². The van der Waals surface area contributed by atoms with Crippen molar-refractivity contribution in [3.63, 3.8) is 0 Å². The minimum Gasteiger partial charge on any atom is -0.507 e. The molecule has 0 saturated heterocycles. The Hall–Kier alpha value is -4.12. The molecular formula is C29H26N2O3. The van der Waals surface area contributed by atoms with Gasteiger partial charge in [-0.2, -0.15) is 0 Å². The van der Waals surface area contributed by atoms with Crippen LogP contribution in [0.3, 0.4) is 0 Å². The number of phenolic OH excluding ortho intramolecular Hbond substituents is 2. The molecule has 1 aromatic heterocycles. The van der Waals surface area contributed by atoms with Crippen LogP contribution in [0.2, 0.25) is 0 Å². The van der Waals surface area contributed by atoms with Crippen LogP contribution in [0.1, 0.15) is 38.9 Å². The molecule has 0 radical (unpaired) electrons. The number of amides is 1. The number of aryl methyl sites for hydroxylation is 4. The van der Waals surface area contributed by atoms with Gasteiger partial charge in [-0.1, -0.05) is 36.4 Å². The summed E-state index contributed by atoms with van der Waals surface area (Å²) in [6, 6.07) is 17.4. The zero-order valence-corrected chi connectivity index (χ0v) is 19.6. The number of hydrogen-bond donors (Lipinski definition) is 3. The van der Waals surface area contributed by atoms with Gasteiger partial charge < -0.3 is 15.5 Å². The van der Waals surface area contributed by atoms with Crippen molar-refractivity contribution < 1.29 is 15.0 Å². The fourth-order valence-corrected chi connectivity index (χ4v) is 5.12. The highest BCUT2D eigenvalue weighted by molar-refractivity contribution is 6.12. The SMILES string of the molecule is Cc1cc(C2(c3cc(C)c(O)c(C)c3)C(=O)Nc3cc(-c4ccncc4)ccc32)cc(C)c1O. The quantitative estimate of drug-likeness (QED) is 0.375. The van der Waals surface area contributed by atoms with Gasteiger partial charge in [0.05, 0.1) is 0 Å². The van der Waals surface area contributed by atoms with Gasteiger partial charge in [0, 0.05) is 23.6 Å². The van der Waals surface area contributed by atoms with Gasteiger partial charge in [0.2, 0.25) is 5.91 Å². The van der Waals surface area contributed by atoms with Crippen molar-refractivity contribution in [1.82, 2.24) is 4.98 Å². The molecule has 0 unspecified atom stereocenters. The van der Waals surface area contributed by atoms with Gasteiger partial charge in [-0.25, -0.2) is 0 Å². The molecule has 5 rings (SSSR count). The average molecular weight is 451 g/mol. The van der Waals surface area contributed by atoms with E-state index in [0.29, 0.717) is 22.3 Å². The number of fused-ring (bicyclic) bond motifs is 1. The van der Waals surface area contributed by atoms with Crippen LogP contribution in [0.15, 0.2) is 67.0 Å². The van der Waals surface area contributed by atoms with E-state index in [0.717, 1.165) is 33.5 Å². The normalized spacial score (nSPS) is 14.1. The Morgan fingerprint density at radius 2 is 1.21 bits per heavy atom. The fraction of sp³-hybridized carbons (Fsp3) is 0.172. The number of carbonyl (C=O) groups excluding carboxylic acids is 1. The number of rotatable bonds is 3. The summed E-state index contributed by atoms with van der Waals surface area (Å²) in [5.41, 5.74) is 6.81. The van der Waals surface area contributed by atoms with E-state index >= 15 is 0 Å². The number of benzene rings is 3. The van der Waals surface area contributed by atoms with E-state index < -0.39 is 5.41 Å². The molecule has 1 amide bonds. The van der Waals surface area contributed by atoms with Gasteiger partial charge in [-0.15, -0.1) is 0 Å². The highest BCUT2D eigenvalue weighted by atomic mass is 16.3. The van der Waals surface area contributed by atoms with Gasteiger partial charge in [0.1, 0.15) is 16.9 Å². The molecule has 0 atom stereocenters. The molecule has 2 heterocycles. The lowest BCUT2D eigenvalue weighted by atomic mass is 9.68. The minimum atomic E-state index is -1.13. The maximum atomic E-state index is 14.0. The molecule has 5 nitrogen and oxygen atoms in total. The number of hydrogen-bond acceptors (Lipinski definition) is 4. The number of phenols is 2. The third kappa shape index (κ3) is 3.08. The number of carbonyl (C=O) groups is 1. The van der Waals surface area contributed by atoms with Crippen molar-refractivity contribution in [2.75, 3.05) is 5.32 Å². The first-order chi connectivity index (χ1) is 16.2. The molecule has 0 aliphatic carbocycles. The molecule has 4 aromatic rings. The van der Waals surface area contributed by atoms with E-state index in [9.17, 15) is 15.0 Å². The Labute approximate surface area is 198 Å². The summed E-state index contributed by atoms with van der Waals surface area (Å²) in [5.74, 6) is 0.288. The summed E-state index contributed by atoms with van der Waals surface area (Å²) >= 11 is 0. The minimum absolute atomic E-state index is 0.164. The molecule has 3 aromatic carbocycles. The number of nitrogens with zero attached hydrogens (tertiary/aromatic N) is 1. The fourth-order valence-electron chi connectivity index (χ4n) is 5.12. The number of nitrogens with one attached hydrogen (secondary N) is 1. The number of anilines is 1. The van der Waals surface area contributed by atoms with Crippen LogP contribution in [0.5, 0.6) is 11.5 Å². The second-order valence-electron chi connectivity index (χ2n) is 9.12. The van der Waals surface area contributed by atoms with Crippen molar-refractivity contribution in [3.8, 4) is 22.6 Å². The highest BCUT2D eigenvalue weighted by Gasteiger charge is 2.50. The summed E-state index contributed by atoms with van der Waals surface area (Å²) < 4.78 is 0. The molecule has 1 aliphatic rings. The van der Waals surface area contributed by atoms with Crippen LogP contribution < -0.4 is 5.32 Å². The lowest BCUT2D eigenvalue weighted by molar-refractivity contribution is -0.118. The second kappa shape index (κ2) is 7.73. The maximum absolute atomic E-state index is 14.0.